The molecule has 0 N–H and O–H groups in total. The molecule has 4 rings (SSSR count). The van der Waals surface area contributed by atoms with Crippen LogP contribution in [-0.2, 0) is 9.47 Å². The van der Waals surface area contributed by atoms with Gasteiger partial charge >= 0.3 is 0 Å². The minimum absolute atomic E-state index is 0.0473. The van der Waals surface area contributed by atoms with E-state index < -0.39 is 0 Å². The lowest BCUT2D eigenvalue weighted by atomic mass is 9.79. The Hall–Kier alpha value is -0.980. The van der Waals surface area contributed by atoms with Gasteiger partial charge < -0.3 is 14.4 Å². The van der Waals surface area contributed by atoms with E-state index in [1.807, 2.05) is 17.2 Å². The van der Waals surface area contributed by atoms with E-state index in [4.69, 9.17) is 9.47 Å². The van der Waals surface area contributed by atoms with Crippen LogP contribution in [0.15, 0.2) is 5.38 Å². The van der Waals surface area contributed by atoms with Crippen molar-refractivity contribution in [3.05, 3.63) is 16.1 Å². The SMILES string of the molecule is CO[C@@]12CC[C@H](OCC3CC3)C[C@@H]1N(C(=O)c1csc(C)n1)CC2. The number of methoxy groups -OCH3 is 1. The van der Waals surface area contributed by atoms with E-state index in [1.165, 1.54) is 24.2 Å². The molecule has 1 amide bonds. The number of thiazole rings is 1. The number of hydrogen-bond acceptors (Lipinski definition) is 5. The number of ether oxygens (including phenoxy) is 2. The van der Waals surface area contributed by atoms with Crippen molar-refractivity contribution in [2.75, 3.05) is 20.3 Å². The fourth-order valence-corrected chi connectivity index (χ4v) is 4.81. The highest BCUT2D eigenvalue weighted by molar-refractivity contribution is 7.09. The number of aromatic nitrogens is 1. The molecule has 1 aromatic heterocycles. The second-order valence-electron chi connectivity index (χ2n) is 7.46. The average molecular weight is 350 g/mol. The molecule has 132 valence electrons. The van der Waals surface area contributed by atoms with Gasteiger partial charge in [0, 0.05) is 25.6 Å². The molecule has 5 nitrogen and oxygen atoms in total. The highest BCUT2D eigenvalue weighted by Gasteiger charge is 2.53. The number of rotatable bonds is 5. The molecule has 0 aromatic carbocycles. The summed E-state index contributed by atoms with van der Waals surface area (Å²) in [6.45, 7) is 3.58. The molecule has 2 saturated carbocycles. The summed E-state index contributed by atoms with van der Waals surface area (Å²) < 4.78 is 12.1. The van der Waals surface area contributed by atoms with Crippen molar-refractivity contribution in [1.29, 1.82) is 0 Å². The molecule has 2 heterocycles. The van der Waals surface area contributed by atoms with Gasteiger partial charge in [-0.3, -0.25) is 4.79 Å². The summed E-state index contributed by atoms with van der Waals surface area (Å²) in [6, 6.07) is 0.106. The van der Waals surface area contributed by atoms with Crippen molar-refractivity contribution in [3.8, 4) is 0 Å². The van der Waals surface area contributed by atoms with Gasteiger partial charge in [-0.25, -0.2) is 4.98 Å². The number of fused-ring (bicyclic) bond motifs is 1. The van der Waals surface area contributed by atoms with Gasteiger partial charge in [-0.1, -0.05) is 0 Å². The molecular formula is C18H26N2O3S. The Balaban J connectivity index is 1.49. The highest BCUT2D eigenvalue weighted by Crippen LogP contribution is 2.44. The van der Waals surface area contributed by atoms with Gasteiger partial charge in [0.05, 0.1) is 22.8 Å². The number of amides is 1. The monoisotopic (exact) mass is 350 g/mol. The molecule has 2 aliphatic carbocycles. The van der Waals surface area contributed by atoms with Crippen molar-refractivity contribution in [3.63, 3.8) is 0 Å². The van der Waals surface area contributed by atoms with Gasteiger partial charge in [0.2, 0.25) is 0 Å². The Morgan fingerprint density at radius 2 is 2.25 bits per heavy atom. The fraction of sp³-hybridized carbons (Fsp3) is 0.778. The summed E-state index contributed by atoms with van der Waals surface area (Å²) in [5.41, 5.74) is 0.380. The van der Waals surface area contributed by atoms with Crippen molar-refractivity contribution < 1.29 is 14.3 Å². The summed E-state index contributed by atoms with van der Waals surface area (Å²) in [5.74, 6) is 0.824. The molecule has 24 heavy (non-hydrogen) atoms. The summed E-state index contributed by atoms with van der Waals surface area (Å²) in [7, 11) is 1.79. The molecule has 3 aliphatic rings. The maximum Gasteiger partial charge on any atom is 0.273 e. The summed E-state index contributed by atoms with van der Waals surface area (Å²) in [6.07, 6.45) is 6.69. The third kappa shape index (κ3) is 3.00. The van der Waals surface area contributed by atoms with Crippen LogP contribution >= 0.6 is 11.3 Å². The van der Waals surface area contributed by atoms with Gasteiger partial charge in [-0.05, 0) is 51.4 Å². The summed E-state index contributed by atoms with van der Waals surface area (Å²) >= 11 is 1.53. The predicted molar refractivity (Wildman–Crippen MR) is 92.3 cm³/mol. The van der Waals surface area contributed by atoms with Crippen molar-refractivity contribution in [1.82, 2.24) is 9.88 Å². The Morgan fingerprint density at radius 3 is 2.92 bits per heavy atom. The number of carbonyl (C=O) groups excluding carboxylic acids is 1. The Morgan fingerprint density at radius 1 is 1.42 bits per heavy atom. The zero-order valence-electron chi connectivity index (χ0n) is 14.5. The minimum atomic E-state index is -0.194. The molecule has 0 radical (unpaired) electrons. The van der Waals surface area contributed by atoms with Crippen LogP contribution in [0.25, 0.3) is 0 Å². The van der Waals surface area contributed by atoms with Crippen LogP contribution in [0.3, 0.4) is 0 Å². The molecule has 1 saturated heterocycles. The van der Waals surface area contributed by atoms with Crippen LogP contribution in [0.5, 0.6) is 0 Å². The normalized spacial score (nSPS) is 32.8. The summed E-state index contributed by atoms with van der Waals surface area (Å²) in [5, 5.41) is 2.80. The smallest absolute Gasteiger partial charge is 0.273 e. The molecular weight excluding hydrogens is 324 g/mol. The van der Waals surface area contributed by atoms with Gasteiger partial charge in [0.25, 0.3) is 5.91 Å². The van der Waals surface area contributed by atoms with Gasteiger partial charge in [-0.15, -0.1) is 11.3 Å². The number of nitrogens with zero attached hydrogens (tertiary/aromatic N) is 2. The molecule has 6 heteroatoms. The predicted octanol–water partition coefficient (Wildman–Crippen LogP) is 3.03. The summed E-state index contributed by atoms with van der Waals surface area (Å²) in [4.78, 5) is 19.3. The van der Waals surface area contributed by atoms with Crippen LogP contribution in [0, 0.1) is 12.8 Å². The molecule has 0 unspecified atom stereocenters. The quantitative estimate of drug-likeness (QED) is 0.819. The van der Waals surface area contributed by atoms with Gasteiger partial charge in [-0.2, -0.15) is 0 Å². The van der Waals surface area contributed by atoms with E-state index in [-0.39, 0.29) is 23.7 Å². The Kier molecular flexibility index (Phi) is 4.39. The van der Waals surface area contributed by atoms with E-state index in [0.29, 0.717) is 5.69 Å². The zero-order valence-corrected chi connectivity index (χ0v) is 15.3. The lowest BCUT2D eigenvalue weighted by Crippen LogP contribution is -2.53. The molecule has 0 bridgehead atoms. The van der Waals surface area contributed by atoms with Crippen LogP contribution in [-0.4, -0.2) is 53.8 Å². The standard InChI is InChI=1S/C18H26N2O3S/c1-12-19-15(11-24-12)17(21)20-8-7-18(22-2)6-5-14(9-16(18)20)23-10-13-3-4-13/h11,13-14,16H,3-10H2,1-2H3/t14-,16-,18+/m0/s1. The molecule has 0 spiro atoms. The third-order valence-corrected chi connectivity index (χ3v) is 6.68. The maximum atomic E-state index is 12.9. The molecule has 3 atom stereocenters. The third-order valence-electron chi connectivity index (χ3n) is 5.91. The van der Waals surface area contributed by atoms with Gasteiger partial charge in [0.15, 0.2) is 0 Å². The lowest BCUT2D eigenvalue weighted by Gasteiger charge is -2.43. The van der Waals surface area contributed by atoms with Crippen LogP contribution in [0.2, 0.25) is 0 Å². The Labute approximate surface area is 147 Å². The highest BCUT2D eigenvalue weighted by atomic mass is 32.1. The second-order valence-corrected chi connectivity index (χ2v) is 8.52. The van der Waals surface area contributed by atoms with Crippen LogP contribution in [0.4, 0.5) is 0 Å². The van der Waals surface area contributed by atoms with E-state index in [9.17, 15) is 4.79 Å². The second kappa shape index (κ2) is 6.39. The zero-order chi connectivity index (χ0) is 16.7. The number of carbonyl (C=O) groups is 1. The first-order valence-corrected chi connectivity index (χ1v) is 9.89. The largest absolute Gasteiger partial charge is 0.378 e. The van der Waals surface area contributed by atoms with Crippen molar-refractivity contribution >= 4 is 17.2 Å². The van der Waals surface area contributed by atoms with Crippen molar-refractivity contribution in [2.24, 2.45) is 5.92 Å². The van der Waals surface area contributed by atoms with Crippen molar-refractivity contribution in [2.45, 2.75) is 63.2 Å². The van der Waals surface area contributed by atoms with Crippen LogP contribution < -0.4 is 0 Å². The first kappa shape index (κ1) is 16.5. The molecule has 1 aromatic rings. The average Bonchev–Trinajstić information content (AvgIpc) is 3.20. The Bertz CT molecular complexity index is 615. The number of likely N-dealkylation sites (tertiary alicyclic amines) is 1. The van der Waals surface area contributed by atoms with E-state index >= 15 is 0 Å². The van der Waals surface area contributed by atoms with Gasteiger partial charge in [0.1, 0.15) is 5.69 Å². The lowest BCUT2D eigenvalue weighted by molar-refractivity contribution is -0.0977. The number of aryl methyl sites for hydroxylation is 1. The van der Waals surface area contributed by atoms with E-state index in [2.05, 4.69) is 4.98 Å². The first-order valence-electron chi connectivity index (χ1n) is 9.01. The molecule has 3 fully saturated rings. The first-order chi connectivity index (χ1) is 11.6. The number of hydrogen-bond donors (Lipinski definition) is 0. The maximum absolute atomic E-state index is 12.9. The topological polar surface area (TPSA) is 51.7 Å². The fourth-order valence-electron chi connectivity index (χ4n) is 4.22. The molecule has 1 aliphatic heterocycles. The minimum Gasteiger partial charge on any atom is -0.378 e. The van der Waals surface area contributed by atoms with Crippen LogP contribution in [0.1, 0.15) is 54.0 Å². The van der Waals surface area contributed by atoms with E-state index in [0.717, 1.165) is 49.8 Å². The van der Waals surface area contributed by atoms with E-state index in [1.54, 1.807) is 7.11 Å².